The van der Waals surface area contributed by atoms with E-state index in [1.165, 1.54) is 12.1 Å². The van der Waals surface area contributed by atoms with Gasteiger partial charge in [0.2, 0.25) is 0 Å². The molecule has 112 valence electrons. The molecule has 3 rings (SSSR count). The number of ether oxygens (including phenoxy) is 1. The Morgan fingerprint density at radius 3 is 2.71 bits per heavy atom. The van der Waals surface area contributed by atoms with Crippen LogP contribution in [0.4, 0.5) is 5.69 Å². The molecule has 2 heterocycles. The van der Waals surface area contributed by atoms with Gasteiger partial charge in [-0.2, -0.15) is 0 Å². The van der Waals surface area contributed by atoms with Gasteiger partial charge in [-0.15, -0.1) is 0 Å². The van der Waals surface area contributed by atoms with Gasteiger partial charge in [-0.05, 0) is 12.1 Å². The molecule has 1 aliphatic rings. The Kier molecular flexibility index (Phi) is 3.38. The van der Waals surface area contributed by atoms with Crippen molar-refractivity contribution in [2.45, 2.75) is 24.4 Å². The van der Waals surface area contributed by atoms with Crippen LogP contribution in [0.2, 0.25) is 0 Å². The molecule has 1 aromatic carbocycles. The fourth-order valence-electron chi connectivity index (χ4n) is 2.63. The zero-order valence-electron chi connectivity index (χ0n) is 10.8. The smallest absolute Gasteiger partial charge is 0.278 e. The number of aromatic amines is 1. The highest BCUT2D eigenvalue weighted by Crippen LogP contribution is 2.36. The van der Waals surface area contributed by atoms with Crippen molar-refractivity contribution in [3.05, 3.63) is 40.1 Å². The summed E-state index contributed by atoms with van der Waals surface area (Å²) in [6.07, 6.45) is -4.17. The minimum atomic E-state index is -1.21. The molecule has 4 atom stereocenters. The molecule has 2 aromatic rings. The highest BCUT2D eigenvalue weighted by Gasteiger charge is 2.43. The van der Waals surface area contributed by atoms with E-state index in [-0.39, 0.29) is 5.69 Å². The molecule has 0 amide bonds. The molecule has 1 aliphatic heterocycles. The normalized spacial score (nSPS) is 29.1. The fourth-order valence-corrected chi connectivity index (χ4v) is 2.63. The van der Waals surface area contributed by atoms with E-state index in [1.807, 2.05) is 0 Å². The van der Waals surface area contributed by atoms with Crippen LogP contribution in [0.3, 0.4) is 0 Å². The first-order valence-corrected chi connectivity index (χ1v) is 6.41. The number of non-ortho nitro benzene ring substituents is 1. The third-order valence-corrected chi connectivity index (χ3v) is 3.71. The van der Waals surface area contributed by atoms with Gasteiger partial charge in [0.15, 0.2) is 0 Å². The maximum Gasteiger partial charge on any atom is 0.278 e. The lowest BCUT2D eigenvalue weighted by Gasteiger charge is -2.12. The van der Waals surface area contributed by atoms with Gasteiger partial charge in [-0.3, -0.25) is 10.1 Å². The summed E-state index contributed by atoms with van der Waals surface area (Å²) in [5.41, 5.74) is 0.903. The quantitative estimate of drug-likeness (QED) is 0.474. The van der Waals surface area contributed by atoms with Gasteiger partial charge in [-0.25, -0.2) is 0 Å². The summed E-state index contributed by atoms with van der Waals surface area (Å²) >= 11 is 0. The second-order valence-electron chi connectivity index (χ2n) is 4.98. The number of nitrogens with one attached hydrogen (secondary N) is 1. The second-order valence-corrected chi connectivity index (χ2v) is 4.98. The molecule has 8 nitrogen and oxygen atoms in total. The summed E-state index contributed by atoms with van der Waals surface area (Å²) in [6, 6.07) is 6.14. The number of nitro groups is 1. The molecule has 1 saturated heterocycles. The number of hydrogen-bond donors (Lipinski definition) is 4. The van der Waals surface area contributed by atoms with Crippen LogP contribution in [-0.4, -0.2) is 50.1 Å². The number of fused-ring (bicyclic) bond motifs is 1. The Balaban J connectivity index is 2.02. The molecular weight excluding hydrogens is 280 g/mol. The number of nitro benzene ring substituents is 1. The van der Waals surface area contributed by atoms with E-state index < -0.39 is 35.9 Å². The van der Waals surface area contributed by atoms with Crippen LogP contribution in [-0.2, 0) is 4.74 Å². The highest BCUT2D eigenvalue weighted by molar-refractivity contribution is 5.89. The molecule has 21 heavy (non-hydrogen) atoms. The SMILES string of the molecule is O=[N+]([O-])c1cccc2[nH]c(C3O[C@H](CO)[C@@H](O)[C@H]3O)cc12. The number of aliphatic hydroxyl groups excluding tert-OH is 3. The number of aliphatic hydroxyl groups is 3. The standard InChI is InChI=1S/C13H14N2O6/c16-5-10-11(17)12(18)13(21-10)8-4-6-7(14-8)2-1-3-9(6)15(19)20/h1-4,10-14,16-18H,5H2/t10-,11-,12-,13?/m1/s1. The van der Waals surface area contributed by atoms with Crippen molar-refractivity contribution in [3.8, 4) is 0 Å². The average molecular weight is 294 g/mol. The zero-order valence-corrected chi connectivity index (χ0v) is 10.8. The number of H-pyrrole nitrogens is 1. The highest BCUT2D eigenvalue weighted by atomic mass is 16.6. The van der Waals surface area contributed by atoms with Crippen LogP contribution in [0.1, 0.15) is 11.8 Å². The van der Waals surface area contributed by atoms with Crippen LogP contribution < -0.4 is 0 Å². The van der Waals surface area contributed by atoms with E-state index in [9.17, 15) is 20.3 Å². The molecule has 0 spiro atoms. The lowest BCUT2D eigenvalue weighted by atomic mass is 10.1. The van der Waals surface area contributed by atoms with Crippen molar-refractivity contribution in [3.63, 3.8) is 0 Å². The topological polar surface area (TPSA) is 129 Å². The Bertz CT molecular complexity index is 684. The van der Waals surface area contributed by atoms with Gasteiger partial charge in [0, 0.05) is 11.8 Å². The van der Waals surface area contributed by atoms with Crippen LogP contribution >= 0.6 is 0 Å². The van der Waals surface area contributed by atoms with Crippen molar-refractivity contribution in [2.24, 2.45) is 0 Å². The summed E-state index contributed by atoms with van der Waals surface area (Å²) in [7, 11) is 0. The van der Waals surface area contributed by atoms with Crippen molar-refractivity contribution in [1.82, 2.24) is 4.98 Å². The van der Waals surface area contributed by atoms with E-state index in [4.69, 9.17) is 9.84 Å². The Labute approximate surface area is 118 Å². The van der Waals surface area contributed by atoms with Gasteiger partial charge in [0.05, 0.1) is 22.4 Å². The van der Waals surface area contributed by atoms with Crippen LogP contribution in [0.15, 0.2) is 24.3 Å². The maximum absolute atomic E-state index is 11.0. The average Bonchev–Trinajstić information content (AvgIpc) is 3.01. The monoisotopic (exact) mass is 294 g/mol. The van der Waals surface area contributed by atoms with Gasteiger partial charge < -0.3 is 25.0 Å². The molecule has 0 radical (unpaired) electrons. The van der Waals surface area contributed by atoms with Crippen molar-refractivity contribution >= 4 is 16.6 Å². The molecule has 4 N–H and O–H groups in total. The molecule has 1 fully saturated rings. The Morgan fingerprint density at radius 1 is 1.33 bits per heavy atom. The second kappa shape index (κ2) is 5.08. The number of rotatable bonds is 3. The van der Waals surface area contributed by atoms with E-state index >= 15 is 0 Å². The fraction of sp³-hybridized carbons (Fsp3) is 0.385. The third kappa shape index (κ3) is 2.18. The first-order valence-electron chi connectivity index (χ1n) is 6.41. The molecule has 0 bridgehead atoms. The zero-order chi connectivity index (χ0) is 15.1. The number of hydrogen-bond acceptors (Lipinski definition) is 6. The van der Waals surface area contributed by atoms with Crippen LogP contribution in [0.5, 0.6) is 0 Å². The molecule has 1 aromatic heterocycles. The number of nitrogens with zero attached hydrogens (tertiary/aromatic N) is 1. The third-order valence-electron chi connectivity index (χ3n) is 3.71. The first-order chi connectivity index (χ1) is 10.0. The molecular formula is C13H14N2O6. The first kappa shape index (κ1) is 14.0. The predicted molar refractivity (Wildman–Crippen MR) is 71.7 cm³/mol. The summed E-state index contributed by atoms with van der Waals surface area (Å²) < 4.78 is 5.40. The number of aromatic nitrogens is 1. The number of benzene rings is 1. The van der Waals surface area contributed by atoms with E-state index in [1.54, 1.807) is 12.1 Å². The van der Waals surface area contributed by atoms with E-state index in [2.05, 4.69) is 4.98 Å². The molecule has 0 saturated carbocycles. The van der Waals surface area contributed by atoms with Crippen molar-refractivity contribution in [2.75, 3.05) is 6.61 Å². The molecule has 0 aliphatic carbocycles. The summed E-state index contributed by atoms with van der Waals surface area (Å²) in [6.45, 7) is -0.422. The maximum atomic E-state index is 11.0. The minimum absolute atomic E-state index is 0.0539. The van der Waals surface area contributed by atoms with Gasteiger partial charge in [0.1, 0.15) is 24.4 Å². The van der Waals surface area contributed by atoms with Gasteiger partial charge >= 0.3 is 0 Å². The lowest BCUT2D eigenvalue weighted by molar-refractivity contribution is -0.383. The lowest BCUT2D eigenvalue weighted by Crippen LogP contribution is -2.32. The minimum Gasteiger partial charge on any atom is -0.394 e. The molecule has 1 unspecified atom stereocenters. The van der Waals surface area contributed by atoms with Crippen LogP contribution in [0, 0.1) is 10.1 Å². The van der Waals surface area contributed by atoms with Crippen molar-refractivity contribution < 1.29 is 25.0 Å². The predicted octanol–water partition coefficient (Wildman–Crippen LogP) is 0.230. The Morgan fingerprint density at radius 2 is 2.10 bits per heavy atom. The Hall–Kier alpha value is -2.00. The van der Waals surface area contributed by atoms with Gasteiger partial charge in [-0.1, -0.05) is 6.07 Å². The largest absolute Gasteiger partial charge is 0.394 e. The van der Waals surface area contributed by atoms with Crippen molar-refractivity contribution in [1.29, 1.82) is 0 Å². The summed E-state index contributed by atoms with van der Waals surface area (Å²) in [5, 5.41) is 40.2. The van der Waals surface area contributed by atoms with E-state index in [0.717, 1.165) is 0 Å². The molecule has 8 heteroatoms. The summed E-state index contributed by atoms with van der Waals surface area (Å²) in [4.78, 5) is 13.5. The summed E-state index contributed by atoms with van der Waals surface area (Å²) in [5.74, 6) is 0. The van der Waals surface area contributed by atoms with E-state index in [0.29, 0.717) is 16.6 Å². The van der Waals surface area contributed by atoms with Crippen LogP contribution in [0.25, 0.3) is 10.9 Å². The van der Waals surface area contributed by atoms with Gasteiger partial charge in [0.25, 0.3) is 5.69 Å².